The SMILES string of the molecule is COc1cc2ncc3c(c2cc1-c1cn(C)nc1C)n(-c1c(F)cncc1OC)c(=O)n3C.COc1cc2ncc3c(c2cc1-c1cn(C)nc1C)n(-c1c(F)cncc1OC)c(=O)n3C.COc1cc2ncc3c(c2cc1-c1cn(C)nc1C)n(-c1c(F)cncc1OC)c(=O)n3C. The molecule has 15 aromatic rings. The quantitative estimate of drug-likeness (QED) is 0.110. The normalized spacial score (nSPS) is 11.5. The van der Waals surface area contributed by atoms with Crippen LogP contribution in [0.3, 0.4) is 0 Å². The van der Waals surface area contributed by atoms with E-state index in [9.17, 15) is 14.4 Å². The van der Waals surface area contributed by atoms with Gasteiger partial charge >= 0.3 is 17.1 Å². The average Bonchev–Trinajstić information content (AvgIpc) is 1.62. The Morgan fingerprint density at radius 2 is 0.586 bits per heavy atom. The van der Waals surface area contributed by atoms with Crippen LogP contribution in [-0.2, 0) is 42.3 Å². The summed E-state index contributed by atoms with van der Waals surface area (Å²) in [5.74, 6) is 0.250. The Kier molecular flexibility index (Phi) is 16.5. The van der Waals surface area contributed by atoms with Gasteiger partial charge < -0.3 is 28.4 Å². The lowest BCUT2D eigenvalue weighted by Crippen LogP contribution is -2.22. The number of methoxy groups -OCH3 is 6. The Morgan fingerprint density at radius 3 is 0.808 bits per heavy atom. The summed E-state index contributed by atoms with van der Waals surface area (Å²) in [7, 11) is 19.4. The molecule has 504 valence electrons. The van der Waals surface area contributed by atoms with Crippen molar-refractivity contribution in [2.75, 3.05) is 42.7 Å². The first-order valence-corrected chi connectivity index (χ1v) is 30.4. The van der Waals surface area contributed by atoms with E-state index in [2.05, 4.69) is 45.2 Å². The van der Waals surface area contributed by atoms with Crippen LogP contribution in [-0.4, -0.2) is 129 Å². The van der Waals surface area contributed by atoms with E-state index in [1.165, 1.54) is 67.3 Å². The highest BCUT2D eigenvalue weighted by atomic mass is 19.1. The van der Waals surface area contributed by atoms with Crippen LogP contribution >= 0.6 is 0 Å². The van der Waals surface area contributed by atoms with Crippen LogP contribution in [0.5, 0.6) is 34.5 Å². The lowest BCUT2D eigenvalue weighted by molar-refractivity contribution is 0.406. The fourth-order valence-corrected chi connectivity index (χ4v) is 12.8. The number of fused-ring (bicyclic) bond motifs is 9. The largest absolute Gasteiger partial charge is 0.496 e. The van der Waals surface area contributed by atoms with E-state index in [1.54, 1.807) is 93.3 Å². The summed E-state index contributed by atoms with van der Waals surface area (Å²) in [6.07, 6.45) is 17.8. The van der Waals surface area contributed by atoms with Gasteiger partial charge in [0.25, 0.3) is 0 Å². The van der Waals surface area contributed by atoms with Crippen molar-refractivity contribution in [3.05, 3.63) is 177 Å². The fourth-order valence-electron chi connectivity index (χ4n) is 12.8. The molecule has 0 unspecified atom stereocenters. The fraction of sp³-hybridized carbons (Fsp3) is 0.217. The molecule has 15 rings (SSSR count). The van der Waals surface area contributed by atoms with E-state index < -0.39 is 34.5 Å². The van der Waals surface area contributed by atoms with Crippen molar-refractivity contribution < 1.29 is 41.6 Å². The zero-order valence-electron chi connectivity index (χ0n) is 56.3. The number of aryl methyl sites for hydroxylation is 9. The van der Waals surface area contributed by atoms with E-state index in [1.807, 2.05) is 78.7 Å². The molecule has 99 heavy (non-hydrogen) atoms. The van der Waals surface area contributed by atoms with Gasteiger partial charge in [-0.05, 0) is 39.0 Å². The highest BCUT2D eigenvalue weighted by Crippen LogP contribution is 2.43. The van der Waals surface area contributed by atoms with Gasteiger partial charge in [-0.2, -0.15) is 15.3 Å². The van der Waals surface area contributed by atoms with Gasteiger partial charge in [-0.3, -0.25) is 71.4 Å². The Labute approximate surface area is 559 Å². The van der Waals surface area contributed by atoms with Crippen molar-refractivity contribution in [3.63, 3.8) is 0 Å². The summed E-state index contributed by atoms with van der Waals surface area (Å²) in [4.78, 5) is 65.1. The number of rotatable bonds is 12. The van der Waals surface area contributed by atoms with Gasteiger partial charge in [0.05, 0.1) is 165 Å². The number of aromatic nitrogens is 18. The molecule has 0 amide bonds. The summed E-state index contributed by atoms with van der Waals surface area (Å²) in [6, 6.07) is 11.1. The maximum absolute atomic E-state index is 15.0. The van der Waals surface area contributed by atoms with Crippen LogP contribution in [0.15, 0.2) is 125 Å². The van der Waals surface area contributed by atoms with E-state index in [4.69, 9.17) is 28.4 Å². The Hall–Kier alpha value is -12.6. The Bertz CT molecular complexity index is 5420. The maximum Gasteiger partial charge on any atom is 0.333 e. The van der Waals surface area contributed by atoms with Gasteiger partial charge in [-0.1, -0.05) is 0 Å². The molecule has 0 bridgehead atoms. The van der Waals surface area contributed by atoms with Crippen LogP contribution < -0.4 is 45.5 Å². The molecule has 0 N–H and O–H groups in total. The summed E-state index contributed by atoms with van der Waals surface area (Å²) in [6.45, 7) is 5.73. The molecule has 30 heteroatoms. The molecule has 0 aliphatic carbocycles. The van der Waals surface area contributed by atoms with Gasteiger partial charge in [0.1, 0.15) is 34.3 Å². The number of benzene rings is 3. The molecule has 0 radical (unpaired) electrons. The minimum atomic E-state index is -0.675. The molecule has 3 aromatic carbocycles. The van der Waals surface area contributed by atoms with Gasteiger partial charge in [0.2, 0.25) is 0 Å². The van der Waals surface area contributed by atoms with Crippen molar-refractivity contribution >= 4 is 65.8 Å². The zero-order valence-corrected chi connectivity index (χ0v) is 56.3. The van der Waals surface area contributed by atoms with Crippen LogP contribution in [0.1, 0.15) is 17.1 Å². The minimum Gasteiger partial charge on any atom is -0.496 e. The summed E-state index contributed by atoms with van der Waals surface area (Å²) >= 11 is 0. The second-order valence-corrected chi connectivity index (χ2v) is 23.1. The summed E-state index contributed by atoms with van der Waals surface area (Å²) in [5, 5.41) is 15.3. The zero-order chi connectivity index (χ0) is 70.3. The molecule has 0 saturated heterocycles. The third-order valence-electron chi connectivity index (χ3n) is 17.4. The molecule has 0 aliphatic heterocycles. The number of halogens is 3. The maximum atomic E-state index is 15.0. The third-order valence-corrected chi connectivity index (χ3v) is 17.4. The lowest BCUT2D eigenvalue weighted by atomic mass is 10.0. The number of imidazole rings is 3. The first kappa shape index (κ1) is 65.1. The molecule has 12 heterocycles. The molecule has 0 atom stereocenters. The number of hydrogen-bond acceptors (Lipinski definition) is 18. The highest BCUT2D eigenvalue weighted by Gasteiger charge is 2.28. The number of hydrogen-bond donors (Lipinski definition) is 0. The molecule has 0 fully saturated rings. The standard InChI is InChI=1S/3C23H21FN6O3/c3*1-12-15(11-28(2)27-12)13-6-14-17(7-19(13)32-4)26-9-18-21(14)30(23(31)29(18)3)22-16(24)8-25-10-20(22)33-5/h3*6-11H,1-5H3. The van der Waals surface area contributed by atoms with Gasteiger partial charge in [0.15, 0.2) is 34.7 Å². The number of pyridine rings is 6. The Balaban J connectivity index is 0.000000133. The first-order chi connectivity index (χ1) is 47.5. The van der Waals surface area contributed by atoms with E-state index in [0.29, 0.717) is 83.1 Å². The number of ether oxygens (including phenoxy) is 6. The van der Waals surface area contributed by atoms with E-state index in [-0.39, 0.29) is 34.3 Å². The number of nitrogens with zero attached hydrogens (tertiary/aromatic N) is 18. The van der Waals surface area contributed by atoms with Crippen molar-refractivity contribution in [3.8, 4) is 84.9 Å². The summed E-state index contributed by atoms with van der Waals surface area (Å²) in [5.41, 5.74) is 11.1. The van der Waals surface area contributed by atoms with Crippen molar-refractivity contribution in [1.29, 1.82) is 0 Å². The molecular formula is C69H63F3N18O9. The molecule has 0 aliphatic rings. The van der Waals surface area contributed by atoms with Crippen LogP contribution in [0.2, 0.25) is 0 Å². The Morgan fingerprint density at radius 1 is 0.333 bits per heavy atom. The predicted molar refractivity (Wildman–Crippen MR) is 365 cm³/mol. The minimum absolute atomic E-state index is 0.00877. The van der Waals surface area contributed by atoms with Gasteiger partial charge in [-0.25, -0.2) is 27.6 Å². The van der Waals surface area contributed by atoms with Gasteiger partial charge in [-0.15, -0.1) is 0 Å². The second kappa shape index (κ2) is 25.2. The second-order valence-electron chi connectivity index (χ2n) is 23.1. The van der Waals surface area contributed by atoms with Crippen LogP contribution in [0.4, 0.5) is 13.2 Å². The molecule has 0 saturated carbocycles. The topological polar surface area (TPSA) is 267 Å². The van der Waals surface area contributed by atoms with Gasteiger partial charge in [0, 0.05) is 129 Å². The van der Waals surface area contributed by atoms with E-state index >= 15 is 13.2 Å². The monoisotopic (exact) mass is 1340 g/mol. The van der Waals surface area contributed by atoms with Crippen molar-refractivity contribution in [2.45, 2.75) is 20.8 Å². The molecule has 0 spiro atoms. The van der Waals surface area contributed by atoms with Crippen molar-refractivity contribution in [2.24, 2.45) is 42.3 Å². The predicted octanol–water partition coefficient (Wildman–Crippen LogP) is 9.41. The third kappa shape index (κ3) is 10.6. The molecule has 12 aromatic heterocycles. The lowest BCUT2D eigenvalue weighted by Gasteiger charge is -2.13. The van der Waals surface area contributed by atoms with Crippen LogP contribution in [0, 0.1) is 38.2 Å². The first-order valence-electron chi connectivity index (χ1n) is 30.4. The smallest absolute Gasteiger partial charge is 0.333 e. The molecular weight excluding hydrogens is 1280 g/mol. The van der Waals surface area contributed by atoms with E-state index in [0.717, 1.165) is 69.1 Å². The van der Waals surface area contributed by atoms with Crippen molar-refractivity contribution in [1.82, 2.24) is 86.6 Å². The highest BCUT2D eigenvalue weighted by molar-refractivity contribution is 6.08. The van der Waals surface area contributed by atoms with Crippen LogP contribution in [0.25, 0.3) is 116 Å². The summed E-state index contributed by atoms with van der Waals surface area (Å²) < 4.78 is 91.3. The average molecular weight is 1350 g/mol. The molecule has 27 nitrogen and oxygen atoms in total.